The zero-order valence-electron chi connectivity index (χ0n) is 15.1. The highest BCUT2D eigenvalue weighted by Gasteiger charge is 2.28. The number of amides is 1. The summed E-state index contributed by atoms with van der Waals surface area (Å²) in [6.07, 6.45) is -0.216. The Bertz CT molecular complexity index is 874. The Balaban J connectivity index is 1.76. The van der Waals surface area contributed by atoms with Gasteiger partial charge in [0.15, 0.2) is 0 Å². The Morgan fingerprint density at radius 2 is 2.11 bits per heavy atom. The lowest BCUT2D eigenvalue weighted by Gasteiger charge is -2.37. The maximum Gasteiger partial charge on any atom is 0.270 e. The van der Waals surface area contributed by atoms with Gasteiger partial charge in [0.05, 0.1) is 34.3 Å². The Kier molecular flexibility index (Phi) is 5.51. The van der Waals surface area contributed by atoms with Crippen molar-refractivity contribution in [2.45, 2.75) is 13.0 Å². The fourth-order valence-electron chi connectivity index (χ4n) is 3.16. The zero-order chi connectivity index (χ0) is 19.6. The van der Waals surface area contributed by atoms with Gasteiger partial charge in [-0.05, 0) is 25.1 Å². The van der Waals surface area contributed by atoms with Gasteiger partial charge in [0.25, 0.3) is 11.6 Å². The van der Waals surface area contributed by atoms with Gasteiger partial charge in [0.1, 0.15) is 11.9 Å². The SMILES string of the molecule is CCN1C[C@H](CN(C)C(=O)c2cc([N+](=O)[O-])ccc2Cl)Oc2ccccc21. The third-order valence-corrected chi connectivity index (χ3v) is 4.85. The van der Waals surface area contributed by atoms with E-state index in [-0.39, 0.29) is 28.3 Å². The number of ether oxygens (including phenoxy) is 1. The number of nitro benzene ring substituents is 1. The number of benzene rings is 2. The van der Waals surface area contributed by atoms with Crippen molar-refractivity contribution < 1.29 is 14.5 Å². The number of anilines is 1. The van der Waals surface area contributed by atoms with Crippen LogP contribution in [0.15, 0.2) is 42.5 Å². The summed E-state index contributed by atoms with van der Waals surface area (Å²) in [5, 5.41) is 11.2. The number of fused-ring (bicyclic) bond motifs is 1. The molecule has 2 aromatic carbocycles. The number of para-hydroxylation sites is 2. The lowest BCUT2D eigenvalue weighted by molar-refractivity contribution is -0.384. The molecule has 1 heterocycles. The highest BCUT2D eigenvalue weighted by atomic mass is 35.5. The topological polar surface area (TPSA) is 75.9 Å². The monoisotopic (exact) mass is 389 g/mol. The molecule has 0 N–H and O–H groups in total. The van der Waals surface area contributed by atoms with Gasteiger partial charge in [0.2, 0.25) is 0 Å². The zero-order valence-corrected chi connectivity index (χ0v) is 15.8. The van der Waals surface area contributed by atoms with Crippen molar-refractivity contribution in [3.05, 3.63) is 63.2 Å². The Labute approximate surface area is 162 Å². The van der Waals surface area contributed by atoms with Crippen molar-refractivity contribution in [1.82, 2.24) is 4.90 Å². The van der Waals surface area contributed by atoms with Crippen LogP contribution in [0.4, 0.5) is 11.4 Å². The molecule has 1 atom stereocenters. The molecule has 142 valence electrons. The van der Waals surface area contributed by atoms with Gasteiger partial charge in [-0.3, -0.25) is 14.9 Å². The van der Waals surface area contributed by atoms with Crippen LogP contribution in [0.25, 0.3) is 0 Å². The van der Waals surface area contributed by atoms with E-state index in [0.717, 1.165) is 18.0 Å². The smallest absolute Gasteiger partial charge is 0.270 e. The third kappa shape index (κ3) is 3.98. The Morgan fingerprint density at radius 1 is 1.37 bits per heavy atom. The molecular weight excluding hydrogens is 370 g/mol. The highest BCUT2D eigenvalue weighted by molar-refractivity contribution is 6.33. The molecule has 27 heavy (non-hydrogen) atoms. The number of nitrogens with zero attached hydrogens (tertiary/aromatic N) is 3. The van der Waals surface area contributed by atoms with Crippen LogP contribution >= 0.6 is 11.6 Å². The number of non-ortho nitro benzene ring substituents is 1. The lowest BCUT2D eigenvalue weighted by Crippen LogP contribution is -2.46. The molecule has 0 aromatic heterocycles. The van der Waals surface area contributed by atoms with Crippen molar-refractivity contribution in [3.63, 3.8) is 0 Å². The van der Waals surface area contributed by atoms with Gasteiger partial charge in [-0.1, -0.05) is 23.7 Å². The Morgan fingerprint density at radius 3 is 2.81 bits per heavy atom. The standard InChI is InChI=1S/C19H20ClN3O4/c1-3-22-12-14(27-18-7-5-4-6-17(18)22)11-21(2)19(24)15-10-13(23(25)26)8-9-16(15)20/h4-10,14H,3,11-12H2,1-2H3/t14-/m0/s1. The summed E-state index contributed by atoms with van der Waals surface area (Å²) in [4.78, 5) is 26.9. The summed E-state index contributed by atoms with van der Waals surface area (Å²) >= 11 is 6.09. The molecule has 0 fully saturated rings. The average molecular weight is 390 g/mol. The molecule has 1 aliphatic heterocycles. The molecule has 0 saturated carbocycles. The van der Waals surface area contributed by atoms with E-state index >= 15 is 0 Å². The van der Waals surface area contributed by atoms with Crippen molar-refractivity contribution in [3.8, 4) is 5.75 Å². The van der Waals surface area contributed by atoms with Gasteiger partial charge >= 0.3 is 0 Å². The first-order chi connectivity index (χ1) is 12.9. The highest BCUT2D eigenvalue weighted by Crippen LogP contribution is 2.33. The van der Waals surface area contributed by atoms with E-state index in [4.69, 9.17) is 16.3 Å². The van der Waals surface area contributed by atoms with Crippen LogP contribution in [0.2, 0.25) is 5.02 Å². The van der Waals surface area contributed by atoms with Crippen LogP contribution in [-0.2, 0) is 0 Å². The number of hydrogen-bond acceptors (Lipinski definition) is 5. The number of carbonyl (C=O) groups excluding carboxylic acids is 1. The first-order valence-corrected chi connectivity index (χ1v) is 8.98. The van der Waals surface area contributed by atoms with Gasteiger partial charge in [0, 0.05) is 25.7 Å². The van der Waals surface area contributed by atoms with Crippen molar-refractivity contribution >= 4 is 28.9 Å². The Hall–Kier alpha value is -2.80. The summed E-state index contributed by atoms with van der Waals surface area (Å²) in [5.41, 5.74) is 0.972. The fourth-order valence-corrected chi connectivity index (χ4v) is 3.36. The minimum Gasteiger partial charge on any atom is -0.485 e. The minimum atomic E-state index is -0.548. The van der Waals surface area contributed by atoms with Crippen LogP contribution < -0.4 is 9.64 Å². The number of rotatable bonds is 5. The van der Waals surface area contributed by atoms with E-state index in [9.17, 15) is 14.9 Å². The fraction of sp³-hybridized carbons (Fsp3) is 0.316. The summed E-state index contributed by atoms with van der Waals surface area (Å²) in [7, 11) is 1.64. The van der Waals surface area contributed by atoms with Crippen LogP contribution in [0.1, 0.15) is 17.3 Å². The number of carbonyl (C=O) groups is 1. The van der Waals surface area contributed by atoms with Crippen molar-refractivity contribution in [1.29, 1.82) is 0 Å². The predicted octanol–water partition coefficient (Wildman–Crippen LogP) is 3.61. The van der Waals surface area contributed by atoms with Crippen molar-refractivity contribution in [2.75, 3.05) is 31.6 Å². The lowest BCUT2D eigenvalue weighted by atomic mass is 10.1. The molecule has 0 spiro atoms. The molecular formula is C19H20ClN3O4. The molecule has 8 heteroatoms. The van der Waals surface area contributed by atoms with Gasteiger partial charge in [-0.25, -0.2) is 0 Å². The van der Waals surface area contributed by atoms with Gasteiger partial charge < -0.3 is 14.5 Å². The molecule has 1 amide bonds. The molecule has 0 bridgehead atoms. The molecule has 2 aromatic rings. The predicted molar refractivity (Wildman–Crippen MR) is 104 cm³/mol. The molecule has 3 rings (SSSR count). The molecule has 0 radical (unpaired) electrons. The first-order valence-electron chi connectivity index (χ1n) is 8.60. The second-order valence-corrected chi connectivity index (χ2v) is 6.76. The maximum atomic E-state index is 12.8. The summed E-state index contributed by atoms with van der Waals surface area (Å²) in [6, 6.07) is 11.6. The number of nitro groups is 1. The van der Waals surface area contributed by atoms with E-state index in [2.05, 4.69) is 11.8 Å². The second-order valence-electron chi connectivity index (χ2n) is 6.35. The molecule has 7 nitrogen and oxygen atoms in total. The number of hydrogen-bond donors (Lipinski definition) is 0. The average Bonchev–Trinajstić information content (AvgIpc) is 2.66. The molecule has 0 unspecified atom stereocenters. The minimum absolute atomic E-state index is 0.108. The first kappa shape index (κ1) is 19.0. The maximum absolute atomic E-state index is 12.8. The van der Waals surface area contributed by atoms with E-state index in [1.54, 1.807) is 7.05 Å². The molecule has 0 aliphatic carbocycles. The van der Waals surface area contributed by atoms with Crippen LogP contribution in [-0.4, -0.2) is 48.5 Å². The number of halogens is 1. The van der Waals surface area contributed by atoms with Crippen LogP contribution in [0.3, 0.4) is 0 Å². The second kappa shape index (κ2) is 7.84. The van der Waals surface area contributed by atoms with E-state index in [1.807, 2.05) is 24.3 Å². The van der Waals surface area contributed by atoms with E-state index in [0.29, 0.717) is 13.1 Å². The largest absolute Gasteiger partial charge is 0.485 e. The summed E-state index contributed by atoms with van der Waals surface area (Å²) < 4.78 is 6.04. The molecule has 0 saturated heterocycles. The van der Waals surface area contributed by atoms with Gasteiger partial charge in [-0.2, -0.15) is 0 Å². The van der Waals surface area contributed by atoms with Crippen LogP contribution in [0.5, 0.6) is 5.75 Å². The van der Waals surface area contributed by atoms with Gasteiger partial charge in [-0.15, -0.1) is 0 Å². The van der Waals surface area contributed by atoms with Crippen LogP contribution in [0, 0.1) is 10.1 Å². The molecule has 1 aliphatic rings. The third-order valence-electron chi connectivity index (χ3n) is 4.52. The van der Waals surface area contributed by atoms with E-state index in [1.165, 1.54) is 23.1 Å². The normalized spacial score (nSPS) is 15.7. The van der Waals surface area contributed by atoms with E-state index < -0.39 is 4.92 Å². The summed E-state index contributed by atoms with van der Waals surface area (Å²) in [5.74, 6) is 0.402. The number of likely N-dealkylation sites (N-methyl/N-ethyl adjacent to an activating group) is 2. The summed E-state index contributed by atoms with van der Waals surface area (Å²) in [6.45, 7) is 3.87. The quantitative estimate of drug-likeness (QED) is 0.576. The van der Waals surface area contributed by atoms with Crippen molar-refractivity contribution in [2.24, 2.45) is 0 Å².